The molecule has 0 saturated carbocycles. The average Bonchev–Trinajstić information content (AvgIpc) is 2.44. The summed E-state index contributed by atoms with van der Waals surface area (Å²) >= 11 is 1.40. The van der Waals surface area contributed by atoms with Crippen molar-refractivity contribution in [2.75, 3.05) is 20.2 Å². The van der Waals surface area contributed by atoms with Crippen LogP contribution in [0.1, 0.15) is 13.8 Å². The van der Waals surface area contributed by atoms with Gasteiger partial charge in [0.1, 0.15) is 12.3 Å². The first kappa shape index (κ1) is 16.4. The maximum atomic E-state index is 12.2. The number of amides is 1. The predicted molar refractivity (Wildman–Crippen MR) is 78.2 cm³/mol. The Morgan fingerprint density at radius 2 is 1.95 bits per heavy atom. The fourth-order valence-electron chi connectivity index (χ4n) is 1.67. The molecule has 1 aromatic carbocycles. The first-order valence-electron chi connectivity index (χ1n) is 6.29. The Labute approximate surface area is 122 Å². The van der Waals surface area contributed by atoms with Crippen molar-refractivity contribution in [1.29, 1.82) is 0 Å². The Bertz CT molecular complexity index is 461. The van der Waals surface area contributed by atoms with E-state index in [4.69, 9.17) is 9.84 Å². The number of hydrogen-bond acceptors (Lipinski definition) is 4. The van der Waals surface area contributed by atoms with Gasteiger partial charge >= 0.3 is 5.97 Å². The normalized spacial score (nSPS) is 11.8. The lowest BCUT2D eigenvalue weighted by Crippen LogP contribution is -2.39. The van der Waals surface area contributed by atoms with Gasteiger partial charge in [0.25, 0.3) is 0 Å². The van der Waals surface area contributed by atoms with Gasteiger partial charge in [-0.25, -0.2) is 0 Å². The van der Waals surface area contributed by atoms with Crippen LogP contribution in [-0.4, -0.2) is 47.3 Å². The molecule has 0 aliphatic rings. The summed E-state index contributed by atoms with van der Waals surface area (Å²) in [4.78, 5) is 25.1. The molecule has 0 aromatic heterocycles. The minimum absolute atomic E-state index is 0.171. The number of nitrogens with zero attached hydrogens (tertiary/aromatic N) is 1. The van der Waals surface area contributed by atoms with Gasteiger partial charge in [0.05, 0.1) is 12.4 Å². The number of ether oxygens (including phenoxy) is 1. The molecule has 1 aromatic rings. The van der Waals surface area contributed by atoms with E-state index in [1.54, 1.807) is 21.0 Å². The summed E-state index contributed by atoms with van der Waals surface area (Å²) < 4.78 is 5.07. The maximum absolute atomic E-state index is 12.2. The van der Waals surface area contributed by atoms with E-state index in [2.05, 4.69) is 0 Å². The van der Waals surface area contributed by atoms with Gasteiger partial charge in [-0.2, -0.15) is 0 Å². The number of carboxylic acids is 1. The van der Waals surface area contributed by atoms with Crippen molar-refractivity contribution in [2.45, 2.75) is 24.0 Å². The number of carbonyl (C=O) groups is 2. The van der Waals surface area contributed by atoms with E-state index in [1.165, 1.54) is 16.7 Å². The summed E-state index contributed by atoms with van der Waals surface area (Å²) in [6.07, 6.45) is 0. The van der Waals surface area contributed by atoms with E-state index < -0.39 is 5.97 Å². The largest absolute Gasteiger partial charge is 0.497 e. The number of carbonyl (C=O) groups excluding carboxylic acids is 1. The van der Waals surface area contributed by atoms with E-state index in [0.29, 0.717) is 6.54 Å². The topological polar surface area (TPSA) is 66.8 Å². The minimum atomic E-state index is -0.998. The standard InChI is InChI=1S/C14H19NO4S/c1-4-15(9-13(16)17)14(18)10(2)20-12-7-5-11(19-3)6-8-12/h5-8,10H,4,9H2,1-3H3,(H,16,17). The molecule has 5 nitrogen and oxygen atoms in total. The molecule has 0 aliphatic carbocycles. The quantitative estimate of drug-likeness (QED) is 0.781. The van der Waals surface area contributed by atoms with Gasteiger partial charge in [-0.1, -0.05) is 0 Å². The van der Waals surface area contributed by atoms with Crippen LogP contribution in [0.3, 0.4) is 0 Å². The highest BCUT2D eigenvalue weighted by atomic mass is 32.2. The third-order valence-corrected chi connectivity index (χ3v) is 3.84. The second-order valence-corrected chi connectivity index (χ2v) is 5.60. The highest BCUT2D eigenvalue weighted by Crippen LogP contribution is 2.26. The van der Waals surface area contributed by atoms with Crippen molar-refractivity contribution in [2.24, 2.45) is 0 Å². The molecule has 0 spiro atoms. The third-order valence-electron chi connectivity index (χ3n) is 2.74. The van der Waals surface area contributed by atoms with Crippen LogP contribution in [-0.2, 0) is 9.59 Å². The van der Waals surface area contributed by atoms with E-state index in [0.717, 1.165) is 10.6 Å². The summed E-state index contributed by atoms with van der Waals surface area (Å²) in [6.45, 7) is 3.68. The van der Waals surface area contributed by atoms with Gasteiger partial charge < -0.3 is 14.7 Å². The highest BCUT2D eigenvalue weighted by Gasteiger charge is 2.22. The van der Waals surface area contributed by atoms with Gasteiger partial charge in [0.2, 0.25) is 5.91 Å². The third kappa shape index (κ3) is 4.77. The van der Waals surface area contributed by atoms with Gasteiger partial charge in [-0.05, 0) is 38.1 Å². The zero-order chi connectivity index (χ0) is 15.1. The smallest absolute Gasteiger partial charge is 0.323 e. The molecule has 0 bridgehead atoms. The molecule has 0 saturated heterocycles. The number of hydrogen-bond donors (Lipinski definition) is 1. The molecule has 1 amide bonds. The van der Waals surface area contributed by atoms with E-state index in [-0.39, 0.29) is 17.7 Å². The molecule has 20 heavy (non-hydrogen) atoms. The second kappa shape index (κ2) is 7.79. The van der Waals surface area contributed by atoms with Crippen LogP contribution in [0.5, 0.6) is 5.75 Å². The molecule has 1 unspecified atom stereocenters. The van der Waals surface area contributed by atoms with Gasteiger partial charge in [-0.15, -0.1) is 11.8 Å². The van der Waals surface area contributed by atoms with Crippen molar-refractivity contribution in [3.8, 4) is 5.75 Å². The number of rotatable bonds is 7. The van der Waals surface area contributed by atoms with Crippen molar-refractivity contribution < 1.29 is 19.4 Å². The minimum Gasteiger partial charge on any atom is -0.497 e. The number of methoxy groups -OCH3 is 1. The van der Waals surface area contributed by atoms with Crippen molar-refractivity contribution in [1.82, 2.24) is 4.90 Å². The van der Waals surface area contributed by atoms with Crippen LogP contribution in [0.2, 0.25) is 0 Å². The Hall–Kier alpha value is -1.69. The van der Waals surface area contributed by atoms with Crippen LogP contribution < -0.4 is 4.74 Å². The Balaban J connectivity index is 2.65. The number of carboxylic acid groups (broad SMARTS) is 1. The monoisotopic (exact) mass is 297 g/mol. The molecule has 1 N–H and O–H groups in total. The summed E-state index contributed by atoms with van der Waals surface area (Å²) in [5.41, 5.74) is 0. The molecule has 0 aliphatic heterocycles. The van der Waals surface area contributed by atoms with Gasteiger partial charge in [0, 0.05) is 11.4 Å². The maximum Gasteiger partial charge on any atom is 0.323 e. The number of thioether (sulfide) groups is 1. The molecule has 1 rings (SSSR count). The highest BCUT2D eigenvalue weighted by molar-refractivity contribution is 8.00. The lowest BCUT2D eigenvalue weighted by molar-refractivity contribution is -0.143. The average molecular weight is 297 g/mol. The number of likely N-dealkylation sites (N-methyl/N-ethyl adjacent to an activating group) is 1. The molecule has 0 fully saturated rings. The van der Waals surface area contributed by atoms with Crippen molar-refractivity contribution in [3.05, 3.63) is 24.3 Å². The van der Waals surface area contributed by atoms with Crippen LogP contribution in [0.15, 0.2) is 29.2 Å². The lowest BCUT2D eigenvalue weighted by atomic mass is 10.3. The Morgan fingerprint density at radius 3 is 2.40 bits per heavy atom. The summed E-state index contributed by atoms with van der Waals surface area (Å²) in [7, 11) is 1.60. The van der Waals surface area contributed by atoms with Gasteiger partial charge in [0.15, 0.2) is 0 Å². The zero-order valence-electron chi connectivity index (χ0n) is 11.8. The van der Waals surface area contributed by atoms with E-state index in [9.17, 15) is 9.59 Å². The van der Waals surface area contributed by atoms with Crippen LogP contribution >= 0.6 is 11.8 Å². The Morgan fingerprint density at radius 1 is 1.35 bits per heavy atom. The molecule has 110 valence electrons. The molecule has 1 atom stereocenters. The molecule has 0 radical (unpaired) electrons. The number of aliphatic carboxylic acids is 1. The zero-order valence-corrected chi connectivity index (χ0v) is 12.6. The fourth-order valence-corrected chi connectivity index (χ4v) is 2.63. The number of benzene rings is 1. The molecular weight excluding hydrogens is 278 g/mol. The van der Waals surface area contributed by atoms with Gasteiger partial charge in [-0.3, -0.25) is 9.59 Å². The van der Waals surface area contributed by atoms with Crippen molar-refractivity contribution >= 4 is 23.6 Å². The van der Waals surface area contributed by atoms with E-state index in [1.807, 2.05) is 24.3 Å². The molecule has 6 heteroatoms. The second-order valence-electron chi connectivity index (χ2n) is 4.18. The molecular formula is C14H19NO4S. The SMILES string of the molecule is CCN(CC(=O)O)C(=O)C(C)Sc1ccc(OC)cc1. The fraction of sp³-hybridized carbons (Fsp3) is 0.429. The summed E-state index contributed by atoms with van der Waals surface area (Å²) in [5.74, 6) is -0.410. The Kier molecular flexibility index (Phi) is 6.38. The first-order chi connectivity index (χ1) is 9.47. The van der Waals surface area contributed by atoms with Crippen LogP contribution in [0.25, 0.3) is 0 Å². The lowest BCUT2D eigenvalue weighted by Gasteiger charge is -2.22. The molecule has 0 heterocycles. The van der Waals surface area contributed by atoms with Crippen molar-refractivity contribution in [3.63, 3.8) is 0 Å². The first-order valence-corrected chi connectivity index (χ1v) is 7.17. The summed E-state index contributed by atoms with van der Waals surface area (Å²) in [6, 6.07) is 7.41. The van der Waals surface area contributed by atoms with Crippen LogP contribution in [0, 0.1) is 0 Å². The van der Waals surface area contributed by atoms with E-state index >= 15 is 0 Å². The van der Waals surface area contributed by atoms with Crippen LogP contribution in [0.4, 0.5) is 0 Å². The predicted octanol–water partition coefficient (Wildman–Crippen LogP) is 2.11. The summed E-state index contributed by atoms with van der Waals surface area (Å²) in [5, 5.41) is 8.45.